The zero-order valence-electron chi connectivity index (χ0n) is 14.9. The Morgan fingerprint density at radius 1 is 1.18 bits per heavy atom. The van der Waals surface area contributed by atoms with Crippen LogP contribution in [0.3, 0.4) is 0 Å². The number of rotatable bonds is 4. The minimum Gasteiger partial charge on any atom is -0.480 e. The molecule has 5 nitrogen and oxygen atoms in total. The van der Waals surface area contributed by atoms with E-state index in [1.807, 2.05) is 0 Å². The van der Waals surface area contributed by atoms with Gasteiger partial charge in [-0.3, -0.25) is 4.79 Å². The first-order valence-electron chi connectivity index (χ1n) is 8.31. The highest BCUT2D eigenvalue weighted by Gasteiger charge is 2.23. The van der Waals surface area contributed by atoms with E-state index in [0.29, 0.717) is 5.56 Å². The Balaban J connectivity index is 2.30. The van der Waals surface area contributed by atoms with E-state index in [9.17, 15) is 27.9 Å². The fourth-order valence-electron chi connectivity index (χ4n) is 2.86. The average Bonchev–Trinajstić information content (AvgIpc) is 2.95. The molecule has 3 aromatic rings. The number of thiazole rings is 1. The predicted molar refractivity (Wildman–Crippen MR) is 97.7 cm³/mol. The Hall–Kier alpha value is -2.94. The molecule has 146 valence electrons. The molecular formula is C19H15F3N2O3S. The highest BCUT2D eigenvalue weighted by atomic mass is 32.1. The molecule has 0 radical (unpaired) electrons. The van der Waals surface area contributed by atoms with Crippen LogP contribution in [0.4, 0.5) is 13.2 Å². The van der Waals surface area contributed by atoms with Crippen molar-refractivity contribution in [3.63, 3.8) is 0 Å². The number of benzene rings is 2. The molecule has 0 saturated heterocycles. The van der Waals surface area contributed by atoms with Crippen LogP contribution in [-0.4, -0.2) is 21.6 Å². The number of amides is 1. The number of nitrogens with zero attached hydrogens (tertiary/aromatic N) is 2. The lowest BCUT2D eigenvalue weighted by atomic mass is 10.1. The molecule has 0 bridgehead atoms. The molecule has 0 fully saturated rings. The van der Waals surface area contributed by atoms with Crippen LogP contribution >= 0.6 is 11.3 Å². The van der Waals surface area contributed by atoms with Gasteiger partial charge >= 0.3 is 5.97 Å². The number of aliphatic carboxylic acids is 1. The van der Waals surface area contributed by atoms with Gasteiger partial charge in [0.25, 0.3) is 5.91 Å². The van der Waals surface area contributed by atoms with Crippen LogP contribution in [0.2, 0.25) is 0 Å². The minimum absolute atomic E-state index is 0.0183. The van der Waals surface area contributed by atoms with Crippen molar-refractivity contribution in [2.45, 2.75) is 26.3 Å². The molecule has 1 aromatic heterocycles. The van der Waals surface area contributed by atoms with Gasteiger partial charge < -0.3 is 9.67 Å². The third-order valence-corrected chi connectivity index (χ3v) is 5.30. The summed E-state index contributed by atoms with van der Waals surface area (Å²) in [5.41, 5.74) is 0.621. The van der Waals surface area contributed by atoms with Crippen molar-refractivity contribution in [2.24, 2.45) is 4.99 Å². The maximum atomic E-state index is 13.8. The zero-order chi connectivity index (χ0) is 20.6. The Bertz CT molecular complexity index is 1170. The molecule has 0 aliphatic carbocycles. The van der Waals surface area contributed by atoms with Gasteiger partial charge in [-0.1, -0.05) is 24.3 Å². The molecule has 2 aromatic carbocycles. The van der Waals surface area contributed by atoms with Gasteiger partial charge in [0.1, 0.15) is 11.9 Å². The summed E-state index contributed by atoms with van der Waals surface area (Å²) in [6.07, 6.45) is 0.126. The van der Waals surface area contributed by atoms with Crippen molar-refractivity contribution < 1.29 is 27.9 Å². The summed E-state index contributed by atoms with van der Waals surface area (Å²) in [5.74, 6) is -4.84. The Labute approximate surface area is 161 Å². The zero-order valence-corrected chi connectivity index (χ0v) is 15.7. The van der Waals surface area contributed by atoms with Crippen molar-refractivity contribution in [3.8, 4) is 0 Å². The maximum Gasteiger partial charge on any atom is 0.326 e. The Morgan fingerprint density at radius 2 is 1.86 bits per heavy atom. The van der Waals surface area contributed by atoms with Crippen LogP contribution in [0.5, 0.6) is 0 Å². The second-order valence-electron chi connectivity index (χ2n) is 6.13. The monoisotopic (exact) mass is 408 g/mol. The molecule has 0 spiro atoms. The standard InChI is InChI=1S/C19H15F3N2O3S/c1-3-14(18(26)27)24-15-7-12(21)13(22)8-16(15)28-19(24)23-17(25)11-6-10(20)5-4-9(11)2/h4-8,14H,3H2,1-2H3,(H,26,27). The topological polar surface area (TPSA) is 71.7 Å². The number of hydrogen-bond acceptors (Lipinski definition) is 3. The molecule has 1 amide bonds. The fraction of sp³-hybridized carbons (Fsp3) is 0.211. The van der Waals surface area contributed by atoms with E-state index in [0.717, 1.165) is 29.5 Å². The molecule has 1 atom stereocenters. The van der Waals surface area contributed by atoms with Crippen molar-refractivity contribution >= 4 is 33.4 Å². The van der Waals surface area contributed by atoms with Crippen LogP contribution < -0.4 is 4.80 Å². The maximum absolute atomic E-state index is 13.8. The van der Waals surface area contributed by atoms with E-state index >= 15 is 0 Å². The number of hydrogen-bond donors (Lipinski definition) is 1. The summed E-state index contributed by atoms with van der Waals surface area (Å²) in [7, 11) is 0. The molecular weight excluding hydrogens is 393 g/mol. The number of carboxylic acid groups (broad SMARTS) is 1. The van der Waals surface area contributed by atoms with E-state index in [2.05, 4.69) is 4.99 Å². The van der Waals surface area contributed by atoms with Gasteiger partial charge in [-0.15, -0.1) is 0 Å². The first kappa shape index (κ1) is 19.8. The molecule has 0 aliphatic heterocycles. The summed E-state index contributed by atoms with van der Waals surface area (Å²) in [6.45, 7) is 3.22. The second-order valence-corrected chi connectivity index (χ2v) is 7.14. The smallest absolute Gasteiger partial charge is 0.326 e. The first-order valence-corrected chi connectivity index (χ1v) is 9.12. The number of fused-ring (bicyclic) bond motifs is 1. The molecule has 28 heavy (non-hydrogen) atoms. The third-order valence-electron chi connectivity index (χ3n) is 4.28. The SMILES string of the molecule is CCC(C(=O)O)n1c(=NC(=O)c2cc(F)ccc2C)sc2cc(F)c(F)cc21. The third kappa shape index (κ3) is 3.57. The van der Waals surface area contributed by atoms with Crippen molar-refractivity contribution in [1.82, 2.24) is 4.57 Å². The van der Waals surface area contributed by atoms with Crippen molar-refractivity contribution in [2.75, 3.05) is 0 Å². The fourth-order valence-corrected chi connectivity index (χ4v) is 3.93. The Morgan fingerprint density at radius 3 is 2.50 bits per heavy atom. The summed E-state index contributed by atoms with van der Waals surface area (Å²) in [4.78, 5) is 28.2. The summed E-state index contributed by atoms with van der Waals surface area (Å²) in [6, 6.07) is 4.33. The number of aryl methyl sites for hydroxylation is 1. The van der Waals surface area contributed by atoms with Gasteiger partial charge in [0.2, 0.25) is 0 Å². The molecule has 1 unspecified atom stereocenters. The molecule has 9 heteroatoms. The summed E-state index contributed by atoms with van der Waals surface area (Å²) in [5, 5.41) is 9.52. The van der Waals surface area contributed by atoms with Gasteiger partial charge in [-0.25, -0.2) is 18.0 Å². The first-order chi connectivity index (χ1) is 13.2. The van der Waals surface area contributed by atoms with E-state index in [4.69, 9.17) is 0 Å². The highest BCUT2D eigenvalue weighted by Crippen LogP contribution is 2.25. The van der Waals surface area contributed by atoms with Crippen LogP contribution in [0.25, 0.3) is 10.2 Å². The van der Waals surface area contributed by atoms with Crippen molar-refractivity contribution in [1.29, 1.82) is 0 Å². The normalized spacial score (nSPS) is 13.1. The summed E-state index contributed by atoms with van der Waals surface area (Å²) >= 11 is 0.853. The van der Waals surface area contributed by atoms with E-state index < -0.39 is 35.4 Å². The van der Waals surface area contributed by atoms with E-state index in [-0.39, 0.29) is 27.0 Å². The van der Waals surface area contributed by atoms with Crippen LogP contribution in [0.15, 0.2) is 35.3 Å². The van der Waals surface area contributed by atoms with Gasteiger partial charge in [-0.2, -0.15) is 4.99 Å². The van der Waals surface area contributed by atoms with Crippen LogP contribution in [0.1, 0.15) is 35.3 Å². The Kier molecular flexibility index (Phi) is 5.37. The minimum atomic E-state index is -1.21. The van der Waals surface area contributed by atoms with Crippen molar-refractivity contribution in [3.05, 3.63) is 63.7 Å². The quantitative estimate of drug-likeness (QED) is 0.703. The number of aromatic nitrogens is 1. The molecule has 1 N–H and O–H groups in total. The van der Waals surface area contributed by atoms with Crippen LogP contribution in [0, 0.1) is 24.4 Å². The number of carbonyl (C=O) groups excluding carboxylic acids is 1. The number of halogens is 3. The van der Waals surface area contributed by atoms with Gasteiger partial charge in [-0.05, 0) is 37.1 Å². The lowest BCUT2D eigenvalue weighted by Crippen LogP contribution is -2.27. The second kappa shape index (κ2) is 7.59. The molecule has 1 heterocycles. The lowest BCUT2D eigenvalue weighted by molar-refractivity contribution is -0.140. The molecule has 0 saturated carbocycles. The lowest BCUT2D eigenvalue weighted by Gasteiger charge is -2.13. The molecule has 0 aliphatic rings. The van der Waals surface area contributed by atoms with Gasteiger partial charge in [0.15, 0.2) is 16.4 Å². The molecule has 3 rings (SSSR count). The predicted octanol–water partition coefficient (Wildman–Crippen LogP) is 4.21. The average molecular weight is 408 g/mol. The van der Waals surface area contributed by atoms with E-state index in [1.54, 1.807) is 13.8 Å². The van der Waals surface area contributed by atoms with Gasteiger partial charge in [0, 0.05) is 11.6 Å². The van der Waals surface area contributed by atoms with Gasteiger partial charge in [0.05, 0.1) is 10.2 Å². The largest absolute Gasteiger partial charge is 0.480 e. The van der Waals surface area contributed by atoms with E-state index in [1.165, 1.54) is 16.7 Å². The highest BCUT2D eigenvalue weighted by molar-refractivity contribution is 7.16. The van der Waals surface area contributed by atoms with Crippen LogP contribution in [-0.2, 0) is 4.79 Å². The summed E-state index contributed by atoms with van der Waals surface area (Å²) < 4.78 is 42.3. The number of carbonyl (C=O) groups is 2. The number of carboxylic acids is 1.